The van der Waals surface area contributed by atoms with E-state index in [2.05, 4.69) is 25.8 Å². The standard InChI is InChI=1S/C18H18ClFN6/c1-21-18(22-10-16-25-24-15-7-2-3-8-26(15)16)23-14-9-11(14)17-12(19)5-4-6-13(17)20/h2-8,11,14H,9-10H2,1H3,(H2,21,22,23). The van der Waals surface area contributed by atoms with Gasteiger partial charge in [0.15, 0.2) is 17.4 Å². The largest absolute Gasteiger partial charge is 0.353 e. The Kier molecular flexibility index (Phi) is 4.46. The Morgan fingerprint density at radius 1 is 1.31 bits per heavy atom. The van der Waals surface area contributed by atoms with E-state index < -0.39 is 0 Å². The van der Waals surface area contributed by atoms with Crippen LogP contribution >= 0.6 is 11.6 Å². The molecule has 1 aliphatic carbocycles. The van der Waals surface area contributed by atoms with E-state index in [0.29, 0.717) is 23.1 Å². The Morgan fingerprint density at radius 2 is 2.19 bits per heavy atom. The van der Waals surface area contributed by atoms with E-state index in [1.165, 1.54) is 6.07 Å². The topological polar surface area (TPSA) is 66.6 Å². The fourth-order valence-electron chi connectivity index (χ4n) is 3.08. The average molecular weight is 373 g/mol. The molecule has 0 saturated heterocycles. The number of aromatic nitrogens is 3. The van der Waals surface area contributed by atoms with Crippen LogP contribution in [0.5, 0.6) is 0 Å². The minimum absolute atomic E-state index is 0.0520. The van der Waals surface area contributed by atoms with Gasteiger partial charge in [-0.05, 0) is 30.7 Å². The zero-order chi connectivity index (χ0) is 18.1. The Hall–Kier alpha value is -2.67. The van der Waals surface area contributed by atoms with Crippen molar-refractivity contribution in [1.82, 2.24) is 25.2 Å². The number of nitrogens with one attached hydrogen (secondary N) is 2. The van der Waals surface area contributed by atoms with E-state index in [-0.39, 0.29) is 17.8 Å². The first-order chi connectivity index (χ1) is 12.7. The van der Waals surface area contributed by atoms with Crippen LogP contribution in [0, 0.1) is 5.82 Å². The van der Waals surface area contributed by atoms with Crippen molar-refractivity contribution < 1.29 is 4.39 Å². The van der Waals surface area contributed by atoms with Crippen molar-refractivity contribution in [3.05, 3.63) is 64.8 Å². The number of nitrogens with zero attached hydrogens (tertiary/aromatic N) is 4. The van der Waals surface area contributed by atoms with Crippen molar-refractivity contribution in [2.24, 2.45) is 4.99 Å². The van der Waals surface area contributed by atoms with Crippen LogP contribution in [0.4, 0.5) is 4.39 Å². The summed E-state index contributed by atoms with van der Waals surface area (Å²) >= 11 is 6.15. The van der Waals surface area contributed by atoms with Crippen LogP contribution < -0.4 is 10.6 Å². The summed E-state index contributed by atoms with van der Waals surface area (Å²) in [5.74, 6) is 1.21. The molecule has 3 aromatic rings. The van der Waals surface area contributed by atoms with Crippen LogP contribution in [0.2, 0.25) is 5.02 Å². The highest BCUT2D eigenvalue weighted by Gasteiger charge is 2.41. The lowest BCUT2D eigenvalue weighted by atomic mass is 10.1. The lowest BCUT2D eigenvalue weighted by Crippen LogP contribution is -2.39. The maximum Gasteiger partial charge on any atom is 0.191 e. The molecular formula is C18H18ClFN6. The molecule has 2 N–H and O–H groups in total. The monoisotopic (exact) mass is 372 g/mol. The van der Waals surface area contributed by atoms with E-state index in [9.17, 15) is 4.39 Å². The summed E-state index contributed by atoms with van der Waals surface area (Å²) in [5, 5.41) is 15.3. The van der Waals surface area contributed by atoms with Gasteiger partial charge in [0.1, 0.15) is 5.82 Å². The van der Waals surface area contributed by atoms with Gasteiger partial charge in [0.25, 0.3) is 0 Å². The van der Waals surface area contributed by atoms with Crippen molar-refractivity contribution in [2.75, 3.05) is 7.05 Å². The van der Waals surface area contributed by atoms with Gasteiger partial charge in [0.05, 0.1) is 6.54 Å². The highest BCUT2D eigenvalue weighted by Crippen LogP contribution is 2.44. The predicted octanol–water partition coefficient (Wildman–Crippen LogP) is 2.74. The summed E-state index contributed by atoms with van der Waals surface area (Å²) in [5.41, 5.74) is 1.37. The lowest BCUT2D eigenvalue weighted by molar-refractivity contribution is 0.608. The zero-order valence-electron chi connectivity index (χ0n) is 14.2. The number of pyridine rings is 1. The Balaban J connectivity index is 1.39. The number of rotatable bonds is 4. The molecule has 1 saturated carbocycles. The molecule has 0 radical (unpaired) electrons. The van der Waals surface area contributed by atoms with E-state index >= 15 is 0 Å². The van der Waals surface area contributed by atoms with Gasteiger partial charge in [0, 0.05) is 35.8 Å². The molecule has 1 aliphatic rings. The molecule has 0 aliphatic heterocycles. The van der Waals surface area contributed by atoms with Crippen molar-refractivity contribution in [1.29, 1.82) is 0 Å². The molecule has 26 heavy (non-hydrogen) atoms. The molecule has 6 nitrogen and oxygen atoms in total. The zero-order valence-corrected chi connectivity index (χ0v) is 14.9. The molecule has 0 spiro atoms. The average Bonchev–Trinajstić information content (AvgIpc) is 3.26. The maximum atomic E-state index is 14.0. The van der Waals surface area contributed by atoms with E-state index in [0.717, 1.165) is 17.9 Å². The third-order valence-electron chi connectivity index (χ3n) is 4.50. The van der Waals surface area contributed by atoms with E-state index in [1.54, 1.807) is 19.2 Å². The molecule has 2 heterocycles. The van der Waals surface area contributed by atoms with Crippen LogP contribution in [0.15, 0.2) is 47.6 Å². The number of hydrogen-bond donors (Lipinski definition) is 2. The Labute approximate surface area is 155 Å². The Bertz CT molecular complexity index is 949. The van der Waals surface area contributed by atoms with Gasteiger partial charge in [-0.2, -0.15) is 0 Å². The summed E-state index contributed by atoms with van der Waals surface area (Å²) in [7, 11) is 1.70. The van der Waals surface area contributed by atoms with Crippen molar-refractivity contribution in [3.63, 3.8) is 0 Å². The molecule has 2 atom stereocenters. The van der Waals surface area contributed by atoms with Crippen LogP contribution in [0.1, 0.15) is 23.7 Å². The molecule has 8 heteroatoms. The maximum absolute atomic E-state index is 14.0. The molecular weight excluding hydrogens is 355 g/mol. The van der Waals surface area contributed by atoms with Gasteiger partial charge in [0.2, 0.25) is 0 Å². The minimum atomic E-state index is -0.260. The molecule has 1 fully saturated rings. The second kappa shape index (κ2) is 6.92. The fourth-order valence-corrected chi connectivity index (χ4v) is 3.39. The number of benzene rings is 1. The molecule has 0 amide bonds. The third kappa shape index (κ3) is 3.22. The number of guanidine groups is 1. The van der Waals surface area contributed by atoms with Crippen LogP contribution in [0.25, 0.3) is 5.65 Å². The number of hydrogen-bond acceptors (Lipinski definition) is 3. The number of fused-ring (bicyclic) bond motifs is 1. The van der Waals surface area contributed by atoms with Gasteiger partial charge in [-0.3, -0.25) is 9.39 Å². The summed E-state index contributed by atoms with van der Waals surface area (Å²) in [6.07, 6.45) is 2.73. The lowest BCUT2D eigenvalue weighted by Gasteiger charge is -2.12. The first kappa shape index (κ1) is 16.8. The SMILES string of the molecule is CN=C(NCc1nnc2ccccn12)NC1CC1c1c(F)cccc1Cl. The fraction of sp³-hybridized carbons (Fsp3) is 0.278. The van der Waals surface area contributed by atoms with Crippen molar-refractivity contribution >= 4 is 23.2 Å². The highest BCUT2D eigenvalue weighted by atomic mass is 35.5. The van der Waals surface area contributed by atoms with Crippen LogP contribution in [-0.2, 0) is 6.54 Å². The predicted molar refractivity (Wildman–Crippen MR) is 98.9 cm³/mol. The smallest absolute Gasteiger partial charge is 0.191 e. The van der Waals surface area contributed by atoms with E-state index in [4.69, 9.17) is 11.6 Å². The quantitative estimate of drug-likeness (QED) is 0.546. The second-order valence-electron chi connectivity index (χ2n) is 6.20. The summed E-state index contributed by atoms with van der Waals surface area (Å²) in [6, 6.07) is 10.6. The number of halogens is 2. The third-order valence-corrected chi connectivity index (χ3v) is 4.83. The Morgan fingerprint density at radius 3 is 3.00 bits per heavy atom. The molecule has 1 aromatic carbocycles. The summed E-state index contributed by atoms with van der Waals surface area (Å²) in [6.45, 7) is 0.475. The molecule has 4 rings (SSSR count). The van der Waals surface area contributed by atoms with Crippen LogP contribution in [0.3, 0.4) is 0 Å². The molecule has 134 valence electrons. The van der Waals surface area contributed by atoms with Gasteiger partial charge >= 0.3 is 0 Å². The molecule has 0 bridgehead atoms. The van der Waals surface area contributed by atoms with Gasteiger partial charge in [-0.25, -0.2) is 4.39 Å². The van der Waals surface area contributed by atoms with E-state index in [1.807, 2.05) is 28.8 Å². The first-order valence-corrected chi connectivity index (χ1v) is 8.75. The van der Waals surface area contributed by atoms with Crippen molar-refractivity contribution in [2.45, 2.75) is 24.9 Å². The number of aliphatic imine (C=N–C) groups is 1. The van der Waals surface area contributed by atoms with Crippen LogP contribution in [-0.4, -0.2) is 33.6 Å². The normalized spacial score (nSPS) is 19.6. The van der Waals surface area contributed by atoms with Gasteiger partial charge in [-0.1, -0.05) is 23.7 Å². The van der Waals surface area contributed by atoms with Gasteiger partial charge < -0.3 is 10.6 Å². The van der Waals surface area contributed by atoms with Gasteiger partial charge in [-0.15, -0.1) is 10.2 Å². The minimum Gasteiger partial charge on any atom is -0.353 e. The first-order valence-electron chi connectivity index (χ1n) is 8.37. The summed E-state index contributed by atoms with van der Waals surface area (Å²) < 4.78 is 16.0. The molecule has 2 aromatic heterocycles. The highest BCUT2D eigenvalue weighted by molar-refractivity contribution is 6.31. The molecule has 2 unspecified atom stereocenters. The van der Waals surface area contributed by atoms with Crippen molar-refractivity contribution in [3.8, 4) is 0 Å². The summed E-state index contributed by atoms with van der Waals surface area (Å²) in [4.78, 5) is 4.23. The second-order valence-corrected chi connectivity index (χ2v) is 6.61.